The summed E-state index contributed by atoms with van der Waals surface area (Å²) < 4.78 is 5.03. The van der Waals surface area contributed by atoms with Crippen LogP contribution in [0.4, 0.5) is 5.88 Å². The van der Waals surface area contributed by atoms with Crippen molar-refractivity contribution in [2.45, 2.75) is 46.8 Å². The number of nitrogens with one attached hydrogen (secondary N) is 1. The Kier molecular flexibility index (Phi) is 6.01. The predicted octanol–water partition coefficient (Wildman–Crippen LogP) is 1.33. The van der Waals surface area contributed by atoms with Crippen LogP contribution >= 0.6 is 0 Å². The standard InChI is InChI=1S/C17H30N4O3/c1-12-10-15(24-19-12)18-16(23)13(2)21-8-6-20(7-9-21)11-14(22)17(3,4)5/h10,13-14,22H,6-9,11H2,1-5H3,(H,18,23)/t13-,14-/m0/s1. The van der Waals surface area contributed by atoms with E-state index in [0.29, 0.717) is 12.4 Å². The number of nitrogens with zero attached hydrogens (tertiary/aromatic N) is 3. The number of carbonyl (C=O) groups excluding carboxylic acids is 1. The molecule has 1 aliphatic rings. The summed E-state index contributed by atoms with van der Waals surface area (Å²) in [5.41, 5.74) is 0.628. The molecule has 0 radical (unpaired) electrons. The lowest BCUT2D eigenvalue weighted by Gasteiger charge is -2.39. The Bertz CT molecular complexity index is 544. The zero-order valence-corrected chi connectivity index (χ0v) is 15.4. The van der Waals surface area contributed by atoms with Crippen LogP contribution in [0.2, 0.25) is 0 Å². The summed E-state index contributed by atoms with van der Waals surface area (Å²) in [7, 11) is 0. The number of aliphatic hydroxyl groups is 1. The third-order valence-corrected chi connectivity index (χ3v) is 4.64. The van der Waals surface area contributed by atoms with Crippen LogP contribution in [-0.2, 0) is 4.79 Å². The van der Waals surface area contributed by atoms with Gasteiger partial charge < -0.3 is 9.63 Å². The molecule has 2 atom stereocenters. The highest BCUT2D eigenvalue weighted by Gasteiger charge is 2.29. The molecule has 0 saturated carbocycles. The second kappa shape index (κ2) is 7.63. The highest BCUT2D eigenvalue weighted by atomic mass is 16.5. The maximum Gasteiger partial charge on any atom is 0.243 e. The Labute approximate surface area is 144 Å². The first kappa shape index (κ1) is 18.9. The zero-order valence-electron chi connectivity index (χ0n) is 15.4. The molecule has 0 bridgehead atoms. The predicted molar refractivity (Wildman–Crippen MR) is 92.8 cm³/mol. The maximum atomic E-state index is 12.3. The molecule has 1 aliphatic heterocycles. The second-order valence-electron chi connectivity index (χ2n) is 7.72. The molecule has 24 heavy (non-hydrogen) atoms. The van der Waals surface area contributed by atoms with E-state index in [2.05, 4.69) is 20.3 Å². The number of carbonyl (C=O) groups is 1. The average Bonchev–Trinajstić information content (AvgIpc) is 2.91. The lowest BCUT2D eigenvalue weighted by molar-refractivity contribution is -0.121. The SMILES string of the molecule is Cc1cc(NC(=O)[C@H](C)N2CCN(C[C@H](O)C(C)(C)C)CC2)on1. The molecule has 1 aromatic heterocycles. The summed E-state index contributed by atoms with van der Waals surface area (Å²) in [4.78, 5) is 16.7. The first-order chi connectivity index (χ1) is 11.2. The number of rotatable bonds is 5. The molecule has 0 spiro atoms. The summed E-state index contributed by atoms with van der Waals surface area (Å²) in [5, 5.41) is 16.8. The average molecular weight is 338 g/mol. The van der Waals surface area contributed by atoms with Crippen LogP contribution in [0.25, 0.3) is 0 Å². The van der Waals surface area contributed by atoms with E-state index in [4.69, 9.17) is 4.52 Å². The largest absolute Gasteiger partial charge is 0.391 e. The van der Waals surface area contributed by atoms with Gasteiger partial charge in [0.05, 0.1) is 17.8 Å². The molecule has 7 heteroatoms. The molecule has 1 fully saturated rings. The molecular weight excluding hydrogens is 308 g/mol. The quantitative estimate of drug-likeness (QED) is 0.843. The fraction of sp³-hybridized carbons (Fsp3) is 0.765. The van der Waals surface area contributed by atoms with Gasteiger partial charge in [-0.3, -0.25) is 19.9 Å². The van der Waals surface area contributed by atoms with Crippen molar-refractivity contribution in [3.8, 4) is 0 Å². The minimum atomic E-state index is -0.348. The molecule has 1 amide bonds. The fourth-order valence-corrected chi connectivity index (χ4v) is 2.67. The third kappa shape index (κ3) is 5.03. The molecular formula is C17H30N4O3. The van der Waals surface area contributed by atoms with Gasteiger partial charge in [-0.2, -0.15) is 0 Å². The Morgan fingerprint density at radius 1 is 1.38 bits per heavy atom. The Morgan fingerprint density at radius 2 is 2.00 bits per heavy atom. The summed E-state index contributed by atoms with van der Waals surface area (Å²) in [6, 6.07) is 1.47. The van der Waals surface area contributed by atoms with Crippen molar-refractivity contribution in [3.05, 3.63) is 11.8 Å². The third-order valence-electron chi connectivity index (χ3n) is 4.64. The van der Waals surface area contributed by atoms with E-state index in [0.717, 1.165) is 31.9 Å². The molecule has 2 heterocycles. The van der Waals surface area contributed by atoms with E-state index >= 15 is 0 Å². The maximum absolute atomic E-state index is 12.3. The van der Waals surface area contributed by atoms with Crippen molar-refractivity contribution < 1.29 is 14.4 Å². The minimum absolute atomic E-state index is 0.0886. The number of amides is 1. The molecule has 0 aliphatic carbocycles. The first-order valence-corrected chi connectivity index (χ1v) is 8.55. The highest BCUT2D eigenvalue weighted by Crippen LogP contribution is 2.20. The summed E-state index contributed by atoms with van der Waals surface area (Å²) in [6.07, 6.45) is -0.348. The van der Waals surface area contributed by atoms with Gasteiger partial charge in [-0.25, -0.2) is 0 Å². The molecule has 7 nitrogen and oxygen atoms in total. The number of piperazine rings is 1. The first-order valence-electron chi connectivity index (χ1n) is 8.55. The number of anilines is 1. The van der Waals surface area contributed by atoms with E-state index in [9.17, 15) is 9.90 Å². The van der Waals surface area contributed by atoms with Crippen LogP contribution in [-0.4, -0.2) is 70.8 Å². The van der Waals surface area contributed by atoms with Crippen LogP contribution in [0.3, 0.4) is 0 Å². The normalized spacial score (nSPS) is 19.9. The Morgan fingerprint density at radius 3 is 2.50 bits per heavy atom. The van der Waals surface area contributed by atoms with Crippen LogP contribution < -0.4 is 5.32 Å². The number of hydrogen-bond donors (Lipinski definition) is 2. The van der Waals surface area contributed by atoms with Crippen LogP contribution in [0.1, 0.15) is 33.4 Å². The number of hydrogen-bond acceptors (Lipinski definition) is 6. The number of aromatic nitrogens is 1. The van der Waals surface area contributed by atoms with Crippen molar-refractivity contribution >= 4 is 11.8 Å². The monoisotopic (exact) mass is 338 g/mol. The number of aliphatic hydroxyl groups excluding tert-OH is 1. The molecule has 1 saturated heterocycles. The fourth-order valence-electron chi connectivity index (χ4n) is 2.67. The van der Waals surface area contributed by atoms with E-state index in [1.165, 1.54) is 0 Å². The van der Waals surface area contributed by atoms with Crippen molar-refractivity contribution in [2.24, 2.45) is 5.41 Å². The van der Waals surface area contributed by atoms with Gasteiger partial charge >= 0.3 is 0 Å². The Hall–Kier alpha value is -1.44. The smallest absolute Gasteiger partial charge is 0.243 e. The second-order valence-corrected chi connectivity index (χ2v) is 7.72. The van der Waals surface area contributed by atoms with E-state index < -0.39 is 0 Å². The Balaban J connectivity index is 1.79. The molecule has 136 valence electrons. The topological polar surface area (TPSA) is 81.8 Å². The summed E-state index contributed by atoms with van der Waals surface area (Å²) in [6.45, 7) is 13.9. The van der Waals surface area contributed by atoms with Gasteiger partial charge in [-0.15, -0.1) is 0 Å². The zero-order chi connectivity index (χ0) is 17.9. The summed E-state index contributed by atoms with van der Waals surface area (Å²) >= 11 is 0. The van der Waals surface area contributed by atoms with Crippen LogP contribution in [0.15, 0.2) is 10.6 Å². The van der Waals surface area contributed by atoms with Gasteiger partial charge in [0, 0.05) is 38.8 Å². The molecule has 1 aromatic rings. The van der Waals surface area contributed by atoms with Crippen molar-refractivity contribution in [3.63, 3.8) is 0 Å². The molecule has 2 rings (SSSR count). The lowest BCUT2D eigenvalue weighted by Crippen LogP contribution is -2.54. The number of β-amino-alcohol motifs (C(OH)–C–C–N with tert-alkyl or cyclic N) is 1. The lowest BCUT2D eigenvalue weighted by atomic mass is 9.89. The van der Waals surface area contributed by atoms with E-state index in [-0.39, 0.29) is 23.5 Å². The number of aryl methyl sites for hydroxylation is 1. The van der Waals surface area contributed by atoms with Gasteiger partial charge in [0.1, 0.15) is 0 Å². The minimum Gasteiger partial charge on any atom is -0.391 e. The van der Waals surface area contributed by atoms with Gasteiger partial charge in [-0.05, 0) is 19.3 Å². The van der Waals surface area contributed by atoms with Gasteiger partial charge in [0.25, 0.3) is 0 Å². The van der Waals surface area contributed by atoms with Crippen molar-refractivity contribution in [2.75, 3.05) is 38.0 Å². The van der Waals surface area contributed by atoms with Gasteiger partial charge in [-0.1, -0.05) is 25.9 Å². The van der Waals surface area contributed by atoms with Crippen molar-refractivity contribution in [1.82, 2.24) is 15.0 Å². The van der Waals surface area contributed by atoms with E-state index in [1.54, 1.807) is 6.07 Å². The molecule has 2 N–H and O–H groups in total. The van der Waals surface area contributed by atoms with Crippen LogP contribution in [0.5, 0.6) is 0 Å². The molecule has 0 aromatic carbocycles. The molecule has 0 unspecified atom stereocenters. The van der Waals surface area contributed by atoms with Crippen molar-refractivity contribution in [1.29, 1.82) is 0 Å². The van der Waals surface area contributed by atoms with Crippen LogP contribution in [0, 0.1) is 12.3 Å². The highest BCUT2D eigenvalue weighted by molar-refractivity contribution is 5.93. The van der Waals surface area contributed by atoms with Gasteiger partial charge in [0.15, 0.2) is 0 Å². The van der Waals surface area contributed by atoms with Gasteiger partial charge in [0.2, 0.25) is 11.8 Å². The summed E-state index contributed by atoms with van der Waals surface area (Å²) in [5.74, 6) is 0.297. The van der Waals surface area contributed by atoms with E-state index in [1.807, 2.05) is 34.6 Å².